The predicted octanol–water partition coefficient (Wildman–Crippen LogP) is 2.49. The van der Waals surface area contributed by atoms with E-state index >= 15 is 0 Å². The molecule has 0 unspecified atom stereocenters. The second kappa shape index (κ2) is 5.12. The van der Waals surface area contributed by atoms with Gasteiger partial charge in [-0.05, 0) is 12.1 Å². The molecular formula is C12H12F3N3. The third-order valence-electron chi connectivity index (χ3n) is 2.62. The summed E-state index contributed by atoms with van der Waals surface area (Å²) in [5, 5.41) is 2.71. The van der Waals surface area contributed by atoms with Crippen LogP contribution in [0.15, 0.2) is 24.5 Å². The highest BCUT2D eigenvalue weighted by Crippen LogP contribution is 2.19. The predicted molar refractivity (Wildman–Crippen MR) is 61.7 cm³/mol. The van der Waals surface area contributed by atoms with Crippen molar-refractivity contribution in [2.75, 3.05) is 11.9 Å². The Morgan fingerprint density at radius 2 is 2.00 bits per heavy atom. The highest BCUT2D eigenvalue weighted by Gasteiger charge is 2.12. The van der Waals surface area contributed by atoms with Gasteiger partial charge in [0.2, 0.25) is 0 Å². The molecule has 0 atom stereocenters. The SMILES string of the molecule is Cn1ccnc1CCNc1ccc(F)c(F)c1F. The number of aromatic nitrogens is 2. The van der Waals surface area contributed by atoms with Crippen molar-refractivity contribution in [1.82, 2.24) is 9.55 Å². The summed E-state index contributed by atoms with van der Waals surface area (Å²) in [5.74, 6) is -3.03. The summed E-state index contributed by atoms with van der Waals surface area (Å²) in [6.45, 7) is 0.382. The number of hydrogen-bond acceptors (Lipinski definition) is 2. The fourth-order valence-corrected chi connectivity index (χ4v) is 1.61. The molecule has 2 rings (SSSR count). The van der Waals surface area contributed by atoms with Crippen LogP contribution >= 0.6 is 0 Å². The number of anilines is 1. The lowest BCUT2D eigenvalue weighted by Gasteiger charge is -2.08. The molecule has 96 valence electrons. The van der Waals surface area contributed by atoms with Gasteiger partial charge in [0.05, 0.1) is 5.69 Å². The molecule has 2 aromatic rings. The maximum absolute atomic E-state index is 13.3. The van der Waals surface area contributed by atoms with Gasteiger partial charge >= 0.3 is 0 Å². The molecule has 0 radical (unpaired) electrons. The molecule has 18 heavy (non-hydrogen) atoms. The number of halogens is 3. The number of hydrogen-bond donors (Lipinski definition) is 1. The van der Waals surface area contributed by atoms with Gasteiger partial charge < -0.3 is 9.88 Å². The molecule has 0 bridgehead atoms. The van der Waals surface area contributed by atoms with Gasteiger partial charge in [-0.15, -0.1) is 0 Å². The molecule has 0 fully saturated rings. The van der Waals surface area contributed by atoms with E-state index in [2.05, 4.69) is 10.3 Å². The summed E-state index contributed by atoms with van der Waals surface area (Å²) in [4.78, 5) is 4.10. The number of imidazole rings is 1. The van der Waals surface area contributed by atoms with Crippen LogP contribution in [0.2, 0.25) is 0 Å². The van der Waals surface area contributed by atoms with E-state index < -0.39 is 17.5 Å². The Morgan fingerprint density at radius 3 is 2.67 bits per heavy atom. The van der Waals surface area contributed by atoms with Gasteiger partial charge in [-0.25, -0.2) is 18.2 Å². The first kappa shape index (κ1) is 12.5. The first-order valence-electron chi connectivity index (χ1n) is 5.43. The van der Waals surface area contributed by atoms with Crippen LogP contribution in [-0.4, -0.2) is 16.1 Å². The molecule has 1 aromatic carbocycles. The van der Waals surface area contributed by atoms with E-state index in [1.807, 2.05) is 11.6 Å². The summed E-state index contributed by atoms with van der Waals surface area (Å²) < 4.78 is 40.8. The van der Waals surface area contributed by atoms with Crippen LogP contribution in [0.1, 0.15) is 5.82 Å². The largest absolute Gasteiger partial charge is 0.382 e. The lowest BCUT2D eigenvalue weighted by molar-refractivity contribution is 0.449. The van der Waals surface area contributed by atoms with Crippen LogP contribution in [0.25, 0.3) is 0 Å². The van der Waals surface area contributed by atoms with Crippen LogP contribution in [0, 0.1) is 17.5 Å². The van der Waals surface area contributed by atoms with Crippen molar-refractivity contribution >= 4 is 5.69 Å². The number of rotatable bonds is 4. The van der Waals surface area contributed by atoms with Crippen molar-refractivity contribution in [2.24, 2.45) is 7.05 Å². The monoisotopic (exact) mass is 255 g/mol. The minimum Gasteiger partial charge on any atom is -0.382 e. The normalized spacial score (nSPS) is 10.7. The van der Waals surface area contributed by atoms with Crippen molar-refractivity contribution in [3.63, 3.8) is 0 Å². The maximum atomic E-state index is 13.3. The lowest BCUT2D eigenvalue weighted by atomic mass is 10.2. The van der Waals surface area contributed by atoms with E-state index in [4.69, 9.17) is 0 Å². The van der Waals surface area contributed by atoms with E-state index in [0.29, 0.717) is 13.0 Å². The summed E-state index contributed by atoms with van der Waals surface area (Å²) in [6.07, 6.45) is 4.02. The fourth-order valence-electron chi connectivity index (χ4n) is 1.61. The first-order valence-corrected chi connectivity index (χ1v) is 5.43. The fraction of sp³-hybridized carbons (Fsp3) is 0.250. The van der Waals surface area contributed by atoms with E-state index in [-0.39, 0.29) is 5.69 Å². The summed E-state index contributed by atoms with van der Waals surface area (Å²) in [5.41, 5.74) is -0.0527. The van der Waals surface area contributed by atoms with E-state index in [9.17, 15) is 13.2 Å². The topological polar surface area (TPSA) is 29.9 Å². The molecule has 0 saturated heterocycles. The molecule has 1 aromatic heterocycles. The number of nitrogens with zero attached hydrogens (tertiary/aromatic N) is 2. The molecule has 0 aliphatic heterocycles. The van der Waals surface area contributed by atoms with Gasteiger partial charge in [-0.2, -0.15) is 0 Å². The summed E-state index contributed by atoms with van der Waals surface area (Å²) >= 11 is 0. The Kier molecular flexibility index (Phi) is 3.55. The third kappa shape index (κ3) is 2.47. The van der Waals surface area contributed by atoms with Crippen LogP contribution in [-0.2, 0) is 13.5 Å². The summed E-state index contributed by atoms with van der Waals surface area (Å²) in [6, 6.07) is 2.06. The molecule has 1 N–H and O–H groups in total. The summed E-state index contributed by atoms with van der Waals surface area (Å²) in [7, 11) is 1.85. The Morgan fingerprint density at radius 1 is 1.22 bits per heavy atom. The molecule has 0 saturated carbocycles. The van der Waals surface area contributed by atoms with Gasteiger partial charge in [0, 0.05) is 32.4 Å². The minimum absolute atomic E-state index is 0.0527. The zero-order valence-corrected chi connectivity index (χ0v) is 9.75. The van der Waals surface area contributed by atoms with Gasteiger partial charge in [0.15, 0.2) is 17.5 Å². The van der Waals surface area contributed by atoms with Crippen molar-refractivity contribution in [3.05, 3.63) is 47.8 Å². The van der Waals surface area contributed by atoms with Crippen molar-refractivity contribution in [2.45, 2.75) is 6.42 Å². The Bertz CT molecular complexity index is 551. The minimum atomic E-state index is -1.46. The second-order valence-electron chi connectivity index (χ2n) is 3.85. The Hall–Kier alpha value is -1.98. The molecule has 6 heteroatoms. The Balaban J connectivity index is 1.99. The standard InChI is InChI=1S/C12H12F3N3/c1-18-7-6-17-10(18)4-5-16-9-3-2-8(13)11(14)12(9)15/h2-3,6-7,16H,4-5H2,1H3. The first-order chi connectivity index (χ1) is 8.59. The zero-order valence-electron chi connectivity index (χ0n) is 9.75. The van der Waals surface area contributed by atoms with E-state index in [0.717, 1.165) is 11.9 Å². The third-order valence-corrected chi connectivity index (χ3v) is 2.62. The van der Waals surface area contributed by atoms with Crippen molar-refractivity contribution < 1.29 is 13.2 Å². The highest BCUT2D eigenvalue weighted by molar-refractivity contribution is 5.45. The van der Waals surface area contributed by atoms with Crippen molar-refractivity contribution in [1.29, 1.82) is 0 Å². The number of nitrogens with one attached hydrogen (secondary N) is 1. The van der Waals surface area contributed by atoms with Crippen LogP contribution in [0.5, 0.6) is 0 Å². The van der Waals surface area contributed by atoms with E-state index in [1.165, 1.54) is 6.07 Å². The number of aryl methyl sites for hydroxylation is 1. The van der Waals surface area contributed by atoms with Crippen molar-refractivity contribution in [3.8, 4) is 0 Å². The Labute approximate surface area is 102 Å². The molecule has 1 heterocycles. The molecule has 0 amide bonds. The molecule has 0 spiro atoms. The van der Waals surface area contributed by atoms with Gasteiger partial charge in [0.1, 0.15) is 5.82 Å². The van der Waals surface area contributed by atoms with Gasteiger partial charge in [-0.3, -0.25) is 0 Å². The number of benzene rings is 1. The van der Waals surface area contributed by atoms with Crippen LogP contribution in [0.3, 0.4) is 0 Å². The van der Waals surface area contributed by atoms with E-state index in [1.54, 1.807) is 12.4 Å². The zero-order chi connectivity index (χ0) is 13.1. The average molecular weight is 255 g/mol. The van der Waals surface area contributed by atoms with Crippen LogP contribution in [0.4, 0.5) is 18.9 Å². The molecule has 0 aliphatic rings. The smallest absolute Gasteiger partial charge is 0.196 e. The maximum Gasteiger partial charge on any atom is 0.196 e. The molecule has 0 aliphatic carbocycles. The lowest BCUT2D eigenvalue weighted by Crippen LogP contribution is -2.10. The van der Waals surface area contributed by atoms with Gasteiger partial charge in [0.25, 0.3) is 0 Å². The highest BCUT2D eigenvalue weighted by atomic mass is 19.2. The quantitative estimate of drug-likeness (QED) is 0.851. The molecule has 3 nitrogen and oxygen atoms in total. The second-order valence-corrected chi connectivity index (χ2v) is 3.85. The van der Waals surface area contributed by atoms with Gasteiger partial charge in [-0.1, -0.05) is 0 Å². The average Bonchev–Trinajstić information content (AvgIpc) is 2.75. The van der Waals surface area contributed by atoms with Crippen LogP contribution < -0.4 is 5.32 Å². The molecular weight excluding hydrogens is 243 g/mol.